The Labute approximate surface area is 139 Å². The lowest BCUT2D eigenvalue weighted by Crippen LogP contribution is -2.15. The molecule has 0 bridgehead atoms. The van der Waals surface area contributed by atoms with Crippen LogP contribution in [0.5, 0.6) is 0 Å². The second-order valence-corrected chi connectivity index (χ2v) is 5.92. The summed E-state index contributed by atoms with van der Waals surface area (Å²) in [5.41, 5.74) is 8.01. The predicted octanol–water partition coefficient (Wildman–Crippen LogP) is 3.46. The van der Waals surface area contributed by atoms with Crippen LogP contribution in [-0.2, 0) is 0 Å². The van der Waals surface area contributed by atoms with Crippen molar-refractivity contribution < 1.29 is 4.79 Å². The third kappa shape index (κ3) is 4.34. The van der Waals surface area contributed by atoms with Gasteiger partial charge in [-0.2, -0.15) is 5.26 Å². The molecule has 1 amide bonds. The summed E-state index contributed by atoms with van der Waals surface area (Å²) in [5.74, 6) is 0.340. The molecule has 0 aliphatic heterocycles. The largest absolute Gasteiger partial charge is 0.383 e. The standard InChI is InChI=1S/C17H16N4OS/c1-11(2)10-23-17-12(9-18)8-14(15(19)21-17)16(22)20-13-6-4-3-5-7-13/h3-8H,1,10H2,2H3,(H2,19,21)(H,20,22). The third-order valence-electron chi connectivity index (χ3n) is 2.87. The summed E-state index contributed by atoms with van der Waals surface area (Å²) in [6.45, 7) is 5.71. The molecular formula is C17H16N4OS. The van der Waals surface area contributed by atoms with E-state index in [0.29, 0.717) is 22.0 Å². The van der Waals surface area contributed by atoms with Crippen LogP contribution < -0.4 is 11.1 Å². The summed E-state index contributed by atoms with van der Waals surface area (Å²) in [4.78, 5) is 16.5. The van der Waals surface area contributed by atoms with E-state index in [2.05, 4.69) is 22.9 Å². The Balaban J connectivity index is 2.27. The zero-order valence-corrected chi connectivity index (χ0v) is 13.5. The molecule has 0 saturated carbocycles. The van der Waals surface area contributed by atoms with E-state index < -0.39 is 5.91 Å². The average Bonchev–Trinajstić information content (AvgIpc) is 2.53. The number of aromatic nitrogens is 1. The number of para-hydroxylation sites is 1. The second kappa shape index (κ2) is 7.47. The molecule has 0 unspecified atom stereocenters. The summed E-state index contributed by atoms with van der Waals surface area (Å²) in [5, 5.41) is 12.5. The van der Waals surface area contributed by atoms with Crippen molar-refractivity contribution >= 4 is 29.2 Å². The third-order valence-corrected chi connectivity index (χ3v) is 4.09. The van der Waals surface area contributed by atoms with Gasteiger partial charge in [0.25, 0.3) is 5.91 Å². The van der Waals surface area contributed by atoms with Crippen LogP contribution >= 0.6 is 11.8 Å². The van der Waals surface area contributed by atoms with E-state index in [0.717, 1.165) is 5.57 Å². The number of nitrogens with one attached hydrogen (secondary N) is 1. The molecule has 0 saturated heterocycles. The summed E-state index contributed by atoms with van der Waals surface area (Å²) in [6.07, 6.45) is 0. The van der Waals surface area contributed by atoms with Gasteiger partial charge < -0.3 is 11.1 Å². The van der Waals surface area contributed by atoms with E-state index in [1.54, 1.807) is 12.1 Å². The number of pyridine rings is 1. The summed E-state index contributed by atoms with van der Waals surface area (Å²) in [7, 11) is 0. The van der Waals surface area contributed by atoms with Gasteiger partial charge in [0.1, 0.15) is 16.9 Å². The number of amides is 1. The van der Waals surface area contributed by atoms with Crippen molar-refractivity contribution in [3.05, 3.63) is 59.7 Å². The highest BCUT2D eigenvalue weighted by molar-refractivity contribution is 7.99. The van der Waals surface area contributed by atoms with E-state index >= 15 is 0 Å². The summed E-state index contributed by atoms with van der Waals surface area (Å²) in [6, 6.07) is 12.5. The van der Waals surface area contributed by atoms with Gasteiger partial charge in [-0.05, 0) is 25.1 Å². The first-order valence-electron chi connectivity index (χ1n) is 6.85. The van der Waals surface area contributed by atoms with Gasteiger partial charge >= 0.3 is 0 Å². The molecule has 116 valence electrons. The van der Waals surface area contributed by atoms with E-state index in [9.17, 15) is 10.1 Å². The van der Waals surface area contributed by atoms with Crippen LogP contribution in [0.3, 0.4) is 0 Å². The van der Waals surface area contributed by atoms with E-state index in [4.69, 9.17) is 5.73 Å². The number of benzene rings is 1. The first-order chi connectivity index (χ1) is 11.0. The maximum atomic E-state index is 12.3. The van der Waals surface area contributed by atoms with Crippen molar-refractivity contribution in [2.45, 2.75) is 11.9 Å². The monoisotopic (exact) mass is 324 g/mol. The van der Waals surface area contributed by atoms with Gasteiger partial charge in [-0.15, -0.1) is 11.8 Å². The Morgan fingerprint density at radius 3 is 2.74 bits per heavy atom. The SMILES string of the molecule is C=C(C)CSc1nc(N)c(C(=O)Nc2ccccc2)cc1C#N. The molecule has 5 nitrogen and oxygen atoms in total. The molecule has 0 radical (unpaired) electrons. The van der Waals surface area contributed by atoms with E-state index in [-0.39, 0.29) is 11.4 Å². The molecule has 3 N–H and O–H groups in total. The Bertz CT molecular complexity index is 781. The number of nitriles is 1. The van der Waals surface area contributed by atoms with Crippen LogP contribution in [0.15, 0.2) is 53.6 Å². The zero-order valence-electron chi connectivity index (χ0n) is 12.7. The van der Waals surface area contributed by atoms with Crippen molar-refractivity contribution in [3.63, 3.8) is 0 Å². The summed E-state index contributed by atoms with van der Waals surface area (Å²) >= 11 is 1.37. The number of nitrogens with zero attached hydrogens (tertiary/aromatic N) is 2. The maximum absolute atomic E-state index is 12.3. The Kier molecular flexibility index (Phi) is 5.39. The Morgan fingerprint density at radius 2 is 2.13 bits per heavy atom. The number of nitrogen functional groups attached to an aromatic ring is 1. The quantitative estimate of drug-likeness (QED) is 0.649. The molecule has 2 rings (SSSR count). The zero-order chi connectivity index (χ0) is 16.8. The van der Waals surface area contributed by atoms with Crippen LogP contribution in [0.2, 0.25) is 0 Å². The molecule has 2 aromatic rings. The minimum absolute atomic E-state index is 0.0987. The average molecular weight is 324 g/mol. The molecule has 1 aromatic heterocycles. The fraction of sp³-hybridized carbons (Fsp3) is 0.118. The number of thioether (sulfide) groups is 1. The smallest absolute Gasteiger partial charge is 0.259 e. The Morgan fingerprint density at radius 1 is 1.43 bits per heavy atom. The van der Waals surface area contributed by atoms with Crippen LogP contribution in [-0.4, -0.2) is 16.6 Å². The second-order valence-electron chi connectivity index (χ2n) is 4.95. The maximum Gasteiger partial charge on any atom is 0.259 e. The molecule has 0 aliphatic rings. The highest BCUT2D eigenvalue weighted by Gasteiger charge is 2.16. The molecule has 0 fully saturated rings. The van der Waals surface area contributed by atoms with Crippen molar-refractivity contribution in [1.29, 1.82) is 5.26 Å². The van der Waals surface area contributed by atoms with Crippen molar-refractivity contribution in [3.8, 4) is 6.07 Å². The van der Waals surface area contributed by atoms with Crippen molar-refractivity contribution in [2.75, 3.05) is 16.8 Å². The molecule has 0 atom stereocenters. The number of nitrogens with two attached hydrogens (primary N) is 1. The highest BCUT2D eigenvalue weighted by Crippen LogP contribution is 2.25. The number of rotatable bonds is 5. The van der Waals surface area contributed by atoms with Gasteiger partial charge in [0.2, 0.25) is 0 Å². The first-order valence-corrected chi connectivity index (χ1v) is 7.84. The van der Waals surface area contributed by atoms with Gasteiger partial charge in [-0.25, -0.2) is 4.98 Å². The fourth-order valence-electron chi connectivity index (χ4n) is 1.79. The van der Waals surface area contributed by atoms with Crippen LogP contribution in [0.25, 0.3) is 0 Å². The van der Waals surface area contributed by atoms with Gasteiger partial charge in [0.05, 0.1) is 11.1 Å². The van der Waals surface area contributed by atoms with E-state index in [1.165, 1.54) is 17.8 Å². The van der Waals surface area contributed by atoms with Crippen molar-refractivity contribution in [1.82, 2.24) is 4.98 Å². The molecule has 6 heteroatoms. The summed E-state index contributed by atoms with van der Waals surface area (Å²) < 4.78 is 0. The van der Waals surface area contributed by atoms with Gasteiger partial charge in [-0.1, -0.05) is 30.4 Å². The molecular weight excluding hydrogens is 308 g/mol. The van der Waals surface area contributed by atoms with Gasteiger partial charge in [-0.3, -0.25) is 4.79 Å². The number of anilines is 2. The highest BCUT2D eigenvalue weighted by atomic mass is 32.2. The normalized spacial score (nSPS) is 9.91. The molecule has 1 aromatic carbocycles. The van der Waals surface area contributed by atoms with E-state index in [1.807, 2.05) is 25.1 Å². The molecule has 1 heterocycles. The minimum atomic E-state index is -0.394. The topological polar surface area (TPSA) is 91.8 Å². The van der Waals surface area contributed by atoms with Crippen LogP contribution in [0.1, 0.15) is 22.8 Å². The van der Waals surface area contributed by atoms with Crippen LogP contribution in [0.4, 0.5) is 11.5 Å². The van der Waals surface area contributed by atoms with Gasteiger partial charge in [0.15, 0.2) is 0 Å². The number of carbonyl (C=O) groups excluding carboxylic acids is 1. The minimum Gasteiger partial charge on any atom is -0.383 e. The Hall–Kier alpha value is -2.78. The predicted molar refractivity (Wildman–Crippen MR) is 93.3 cm³/mol. The number of hydrogen-bond acceptors (Lipinski definition) is 5. The lowest BCUT2D eigenvalue weighted by molar-refractivity contribution is 0.102. The first kappa shape index (κ1) is 16.6. The molecule has 0 aliphatic carbocycles. The van der Waals surface area contributed by atoms with Crippen LogP contribution in [0, 0.1) is 11.3 Å². The molecule has 23 heavy (non-hydrogen) atoms. The lowest BCUT2D eigenvalue weighted by atomic mass is 10.2. The molecule has 0 spiro atoms. The van der Waals surface area contributed by atoms with Gasteiger partial charge in [0, 0.05) is 11.4 Å². The number of hydrogen-bond donors (Lipinski definition) is 2. The number of carbonyl (C=O) groups is 1. The fourth-order valence-corrected chi connectivity index (χ4v) is 2.60. The lowest BCUT2D eigenvalue weighted by Gasteiger charge is -2.10. The van der Waals surface area contributed by atoms with Crippen molar-refractivity contribution in [2.24, 2.45) is 0 Å².